The van der Waals surface area contributed by atoms with E-state index in [0.717, 1.165) is 17.1 Å². The van der Waals surface area contributed by atoms with Gasteiger partial charge in [0.1, 0.15) is 5.69 Å². The van der Waals surface area contributed by atoms with E-state index >= 15 is 0 Å². The van der Waals surface area contributed by atoms with Crippen LogP contribution in [-0.2, 0) is 4.74 Å². The maximum Gasteiger partial charge on any atom is 0.352 e. The molecule has 0 saturated heterocycles. The summed E-state index contributed by atoms with van der Waals surface area (Å²) in [6.07, 6.45) is 0. The summed E-state index contributed by atoms with van der Waals surface area (Å²) in [5.41, 5.74) is 1.46. The quantitative estimate of drug-likeness (QED) is 0.765. The van der Waals surface area contributed by atoms with Gasteiger partial charge >= 0.3 is 5.97 Å². The number of esters is 1. The van der Waals surface area contributed by atoms with Crippen LogP contribution in [0, 0.1) is 0 Å². The van der Waals surface area contributed by atoms with Gasteiger partial charge in [-0.05, 0) is 18.5 Å². The van der Waals surface area contributed by atoms with Crippen LogP contribution < -0.4 is 0 Å². The van der Waals surface area contributed by atoms with Gasteiger partial charge in [-0.25, -0.2) is 4.79 Å². The zero-order chi connectivity index (χ0) is 11.4. The lowest BCUT2D eigenvalue weighted by Gasteiger charge is -2.00. The second-order valence-electron chi connectivity index (χ2n) is 3.04. The molecule has 2 rings (SSSR count). The van der Waals surface area contributed by atoms with Gasteiger partial charge in [0.05, 0.1) is 6.61 Å². The van der Waals surface area contributed by atoms with E-state index in [4.69, 9.17) is 4.74 Å². The molecule has 0 aliphatic carbocycles. The first-order chi connectivity index (χ1) is 7.83. The van der Waals surface area contributed by atoms with Gasteiger partial charge in [-0.1, -0.05) is 34.8 Å². The summed E-state index contributed by atoms with van der Waals surface area (Å²) in [5, 5.41) is 3.96. The third-order valence-corrected chi connectivity index (χ3v) is 2.70. The third kappa shape index (κ3) is 2.09. The van der Waals surface area contributed by atoms with Crippen molar-refractivity contribution in [3.8, 4) is 11.3 Å². The lowest BCUT2D eigenvalue weighted by Crippen LogP contribution is -2.03. The number of carbonyl (C=O) groups excluding carboxylic acids is 1. The molecule has 0 unspecified atom stereocenters. The average molecular weight is 234 g/mol. The van der Waals surface area contributed by atoms with E-state index in [1.54, 1.807) is 6.92 Å². The van der Waals surface area contributed by atoms with Gasteiger partial charge in [-0.2, -0.15) is 0 Å². The number of ether oxygens (including phenoxy) is 1. The van der Waals surface area contributed by atoms with Crippen LogP contribution in [0.2, 0.25) is 0 Å². The lowest BCUT2D eigenvalue weighted by atomic mass is 10.1. The number of hydrogen-bond donors (Lipinski definition) is 0. The summed E-state index contributed by atoms with van der Waals surface area (Å²) in [5.74, 6) is -0.364. The highest BCUT2D eigenvalue weighted by Gasteiger charge is 2.18. The number of aromatic nitrogens is 2. The maximum absolute atomic E-state index is 11.6. The van der Waals surface area contributed by atoms with E-state index in [0.29, 0.717) is 17.2 Å². The molecule has 1 aromatic heterocycles. The van der Waals surface area contributed by atoms with Crippen molar-refractivity contribution in [1.82, 2.24) is 9.59 Å². The third-order valence-electron chi connectivity index (χ3n) is 2.00. The fourth-order valence-electron chi connectivity index (χ4n) is 1.31. The van der Waals surface area contributed by atoms with Crippen LogP contribution in [-0.4, -0.2) is 22.2 Å². The topological polar surface area (TPSA) is 52.1 Å². The molecule has 0 aliphatic rings. The number of carbonyl (C=O) groups is 1. The SMILES string of the molecule is CCOC(=O)c1snnc1-c1ccccc1. The van der Waals surface area contributed by atoms with Crippen molar-refractivity contribution in [3.63, 3.8) is 0 Å². The Labute approximate surface area is 97.0 Å². The Morgan fingerprint density at radius 1 is 1.38 bits per heavy atom. The molecule has 0 fully saturated rings. The van der Waals surface area contributed by atoms with Gasteiger partial charge < -0.3 is 4.74 Å². The van der Waals surface area contributed by atoms with E-state index in [2.05, 4.69) is 9.59 Å². The van der Waals surface area contributed by atoms with Gasteiger partial charge in [0.15, 0.2) is 4.88 Å². The van der Waals surface area contributed by atoms with Crippen molar-refractivity contribution >= 4 is 17.5 Å². The molecule has 1 heterocycles. The molecule has 0 atom stereocenters. The normalized spacial score (nSPS) is 10.1. The van der Waals surface area contributed by atoms with Crippen LogP contribution in [0.25, 0.3) is 11.3 Å². The molecule has 4 nitrogen and oxygen atoms in total. The second-order valence-corrected chi connectivity index (χ2v) is 3.79. The highest BCUT2D eigenvalue weighted by atomic mass is 32.1. The Balaban J connectivity index is 2.37. The maximum atomic E-state index is 11.6. The molecule has 16 heavy (non-hydrogen) atoms. The Morgan fingerprint density at radius 2 is 2.12 bits per heavy atom. The van der Waals surface area contributed by atoms with E-state index in [-0.39, 0.29) is 5.97 Å². The predicted octanol–water partition coefficient (Wildman–Crippen LogP) is 2.38. The van der Waals surface area contributed by atoms with Gasteiger partial charge in [-0.15, -0.1) is 5.10 Å². The molecule has 1 aromatic carbocycles. The monoisotopic (exact) mass is 234 g/mol. The van der Waals surface area contributed by atoms with E-state index in [9.17, 15) is 4.79 Å². The number of hydrogen-bond acceptors (Lipinski definition) is 5. The molecule has 0 N–H and O–H groups in total. The molecule has 0 spiro atoms. The van der Waals surface area contributed by atoms with E-state index in [1.165, 1.54) is 0 Å². The minimum Gasteiger partial charge on any atom is -0.462 e. The van der Waals surface area contributed by atoms with Gasteiger partial charge in [0.2, 0.25) is 0 Å². The molecule has 5 heteroatoms. The molecular formula is C11H10N2O2S. The summed E-state index contributed by atoms with van der Waals surface area (Å²) >= 11 is 1.06. The molecule has 0 saturated carbocycles. The molecule has 0 aliphatic heterocycles. The standard InChI is InChI=1S/C11H10N2O2S/c1-2-15-11(14)10-9(12-13-16-10)8-6-4-3-5-7-8/h3-7H,2H2,1H3. The largest absolute Gasteiger partial charge is 0.462 e. The van der Waals surface area contributed by atoms with Crippen LogP contribution in [0.5, 0.6) is 0 Å². The van der Waals surface area contributed by atoms with Crippen LogP contribution in [0.15, 0.2) is 30.3 Å². The molecule has 2 aromatic rings. The first-order valence-corrected chi connectivity index (χ1v) is 5.65. The van der Waals surface area contributed by atoms with E-state index in [1.807, 2.05) is 30.3 Å². The fourth-order valence-corrected chi connectivity index (χ4v) is 1.89. The summed E-state index contributed by atoms with van der Waals surface area (Å²) < 4.78 is 8.73. The Hall–Kier alpha value is -1.75. The minimum atomic E-state index is -0.364. The summed E-state index contributed by atoms with van der Waals surface area (Å²) in [6, 6.07) is 9.47. The van der Waals surface area contributed by atoms with E-state index < -0.39 is 0 Å². The minimum absolute atomic E-state index is 0.352. The number of benzene rings is 1. The summed E-state index contributed by atoms with van der Waals surface area (Å²) in [7, 11) is 0. The number of nitrogens with zero attached hydrogens (tertiary/aromatic N) is 2. The van der Waals surface area contributed by atoms with Crippen molar-refractivity contribution in [2.45, 2.75) is 6.92 Å². The van der Waals surface area contributed by atoms with Crippen molar-refractivity contribution in [3.05, 3.63) is 35.2 Å². The lowest BCUT2D eigenvalue weighted by molar-refractivity contribution is 0.0532. The van der Waals surface area contributed by atoms with Gasteiger partial charge in [0, 0.05) is 5.56 Å². The van der Waals surface area contributed by atoms with Crippen molar-refractivity contribution < 1.29 is 9.53 Å². The molecule has 0 radical (unpaired) electrons. The predicted molar refractivity (Wildman–Crippen MR) is 61.3 cm³/mol. The zero-order valence-electron chi connectivity index (χ0n) is 8.71. The smallest absolute Gasteiger partial charge is 0.352 e. The Bertz CT molecular complexity index is 482. The molecule has 0 bridgehead atoms. The first-order valence-electron chi connectivity index (χ1n) is 4.88. The summed E-state index contributed by atoms with van der Waals surface area (Å²) in [4.78, 5) is 12.1. The van der Waals surface area contributed by atoms with Crippen LogP contribution in [0.1, 0.15) is 16.6 Å². The van der Waals surface area contributed by atoms with Gasteiger partial charge in [-0.3, -0.25) is 0 Å². The Morgan fingerprint density at radius 3 is 2.81 bits per heavy atom. The number of rotatable bonds is 3. The van der Waals surface area contributed by atoms with Crippen molar-refractivity contribution in [2.75, 3.05) is 6.61 Å². The van der Waals surface area contributed by atoms with Crippen LogP contribution in [0.3, 0.4) is 0 Å². The Kier molecular flexibility index (Phi) is 3.26. The molecular weight excluding hydrogens is 224 g/mol. The second kappa shape index (κ2) is 4.85. The summed E-state index contributed by atoms with van der Waals surface area (Å²) in [6.45, 7) is 2.12. The van der Waals surface area contributed by atoms with Crippen LogP contribution >= 0.6 is 11.5 Å². The first kappa shape index (κ1) is 10.8. The zero-order valence-corrected chi connectivity index (χ0v) is 9.53. The van der Waals surface area contributed by atoms with Crippen molar-refractivity contribution in [1.29, 1.82) is 0 Å². The fraction of sp³-hybridized carbons (Fsp3) is 0.182. The molecule has 0 amide bonds. The highest BCUT2D eigenvalue weighted by Crippen LogP contribution is 2.24. The average Bonchev–Trinajstić information content (AvgIpc) is 2.79. The highest BCUT2D eigenvalue weighted by molar-refractivity contribution is 7.08. The van der Waals surface area contributed by atoms with Crippen molar-refractivity contribution in [2.24, 2.45) is 0 Å². The molecule has 82 valence electrons. The van der Waals surface area contributed by atoms with Crippen LogP contribution in [0.4, 0.5) is 0 Å². The van der Waals surface area contributed by atoms with Gasteiger partial charge in [0.25, 0.3) is 0 Å².